The summed E-state index contributed by atoms with van der Waals surface area (Å²) < 4.78 is 5.38. The molecule has 0 saturated heterocycles. The molecule has 0 fully saturated rings. The van der Waals surface area contributed by atoms with Crippen molar-refractivity contribution in [1.29, 1.82) is 0 Å². The predicted octanol–water partition coefficient (Wildman–Crippen LogP) is 3.51. The second-order valence-electron chi connectivity index (χ2n) is 4.53. The Kier molecular flexibility index (Phi) is 2.38. The number of fused-ring (bicyclic) bond motifs is 1. The smallest absolute Gasteiger partial charge is 0.249 e. The van der Waals surface area contributed by atoms with Crippen LogP contribution in [-0.4, -0.2) is 10.1 Å². The third-order valence-electron chi connectivity index (χ3n) is 3.29. The molecule has 0 aliphatic carbocycles. The van der Waals surface area contributed by atoms with Gasteiger partial charge >= 0.3 is 0 Å². The molecule has 1 aliphatic heterocycles. The van der Waals surface area contributed by atoms with Gasteiger partial charge in [-0.2, -0.15) is 16.3 Å². The number of aromatic nitrogens is 2. The number of benzene rings is 1. The predicted molar refractivity (Wildman–Crippen MR) is 74.1 cm³/mol. The van der Waals surface area contributed by atoms with Gasteiger partial charge in [0.15, 0.2) is 0 Å². The number of hydrogen-bond donors (Lipinski definition) is 1. The van der Waals surface area contributed by atoms with Crippen LogP contribution in [0.4, 0.5) is 5.69 Å². The van der Waals surface area contributed by atoms with Gasteiger partial charge in [0.05, 0.1) is 0 Å². The van der Waals surface area contributed by atoms with E-state index >= 15 is 0 Å². The molecular weight excluding hydrogens is 258 g/mol. The zero-order chi connectivity index (χ0) is 12.7. The molecule has 4 nitrogen and oxygen atoms in total. The molecular formula is C14H11N3OS. The molecule has 3 aromatic rings. The normalized spacial score (nSPS) is 17.2. The number of rotatable bonds is 2. The van der Waals surface area contributed by atoms with Gasteiger partial charge in [-0.3, -0.25) is 0 Å². The summed E-state index contributed by atoms with van der Waals surface area (Å²) in [6.45, 7) is 0. The maximum absolute atomic E-state index is 5.38. The quantitative estimate of drug-likeness (QED) is 0.773. The van der Waals surface area contributed by atoms with Crippen LogP contribution in [0.15, 0.2) is 45.6 Å². The summed E-state index contributed by atoms with van der Waals surface area (Å²) in [5, 5.41) is 11.5. The average Bonchev–Trinajstić information content (AvgIpc) is 3.17. The number of para-hydroxylation sites is 1. The second-order valence-corrected chi connectivity index (χ2v) is 5.31. The first-order chi connectivity index (χ1) is 9.40. The van der Waals surface area contributed by atoms with Crippen LogP contribution in [0.3, 0.4) is 0 Å². The monoisotopic (exact) mass is 269 g/mol. The molecule has 5 heteroatoms. The molecule has 1 unspecified atom stereocenters. The van der Waals surface area contributed by atoms with Crippen LogP contribution < -0.4 is 5.32 Å². The van der Waals surface area contributed by atoms with Gasteiger partial charge in [0.25, 0.3) is 0 Å². The minimum absolute atomic E-state index is 0.0808. The fraction of sp³-hybridized carbons (Fsp3) is 0.143. The molecule has 1 aromatic carbocycles. The minimum atomic E-state index is 0.0808. The molecule has 0 amide bonds. The lowest BCUT2D eigenvalue weighted by molar-refractivity contribution is 0.364. The van der Waals surface area contributed by atoms with Crippen LogP contribution in [0, 0.1) is 0 Å². The van der Waals surface area contributed by atoms with E-state index in [4.69, 9.17) is 4.52 Å². The van der Waals surface area contributed by atoms with E-state index in [1.54, 1.807) is 11.3 Å². The van der Waals surface area contributed by atoms with E-state index in [0.29, 0.717) is 11.7 Å². The van der Waals surface area contributed by atoms with Crippen LogP contribution >= 0.6 is 11.3 Å². The van der Waals surface area contributed by atoms with Crippen molar-refractivity contribution in [3.8, 4) is 11.4 Å². The molecule has 1 atom stereocenters. The van der Waals surface area contributed by atoms with Crippen molar-refractivity contribution < 1.29 is 4.52 Å². The van der Waals surface area contributed by atoms with E-state index in [1.807, 2.05) is 29.0 Å². The Bertz CT molecular complexity index is 680. The molecule has 0 bridgehead atoms. The maximum atomic E-state index is 5.38. The SMILES string of the molecule is c1ccc2c(c1)CC(c1nc(-c3ccsc3)no1)N2. The molecule has 4 rings (SSSR count). The van der Waals surface area contributed by atoms with Gasteiger partial charge in [0, 0.05) is 23.1 Å². The molecule has 1 N–H and O–H groups in total. The summed E-state index contributed by atoms with van der Waals surface area (Å²) in [6.07, 6.45) is 0.890. The first-order valence-corrected chi connectivity index (χ1v) is 7.05. The summed E-state index contributed by atoms with van der Waals surface area (Å²) >= 11 is 1.63. The first kappa shape index (κ1) is 10.8. The van der Waals surface area contributed by atoms with Crippen molar-refractivity contribution in [3.63, 3.8) is 0 Å². The Hall–Kier alpha value is -2.14. The topological polar surface area (TPSA) is 51.0 Å². The highest BCUT2D eigenvalue weighted by Gasteiger charge is 2.26. The second kappa shape index (κ2) is 4.20. The molecule has 2 aromatic heterocycles. The number of thiophene rings is 1. The van der Waals surface area contributed by atoms with Gasteiger partial charge in [-0.05, 0) is 23.1 Å². The average molecular weight is 269 g/mol. The summed E-state index contributed by atoms with van der Waals surface area (Å²) in [5.74, 6) is 1.31. The summed E-state index contributed by atoms with van der Waals surface area (Å²) in [7, 11) is 0. The van der Waals surface area contributed by atoms with Gasteiger partial charge in [0.2, 0.25) is 11.7 Å². The number of nitrogens with zero attached hydrogens (tertiary/aromatic N) is 2. The summed E-state index contributed by atoms with van der Waals surface area (Å²) in [4.78, 5) is 4.48. The van der Waals surface area contributed by atoms with Crippen molar-refractivity contribution in [2.24, 2.45) is 0 Å². The number of hydrogen-bond acceptors (Lipinski definition) is 5. The Labute approximate surface area is 114 Å². The Balaban J connectivity index is 1.62. The highest BCUT2D eigenvalue weighted by molar-refractivity contribution is 7.08. The van der Waals surface area contributed by atoms with Crippen LogP contribution in [0.5, 0.6) is 0 Å². The Morgan fingerprint density at radius 2 is 2.21 bits per heavy atom. The zero-order valence-corrected chi connectivity index (χ0v) is 10.9. The minimum Gasteiger partial charge on any atom is -0.373 e. The zero-order valence-electron chi connectivity index (χ0n) is 10.0. The largest absolute Gasteiger partial charge is 0.373 e. The highest BCUT2D eigenvalue weighted by Crippen LogP contribution is 2.33. The standard InChI is InChI=1S/C14H11N3OS/c1-2-4-11-9(3-1)7-12(15-11)14-16-13(17-18-14)10-5-6-19-8-10/h1-6,8,12,15H,7H2. The van der Waals surface area contributed by atoms with E-state index in [1.165, 1.54) is 5.56 Å². The third kappa shape index (κ3) is 1.82. The van der Waals surface area contributed by atoms with Crippen LogP contribution in [0.25, 0.3) is 11.4 Å². The van der Waals surface area contributed by atoms with Crippen molar-refractivity contribution in [2.75, 3.05) is 5.32 Å². The third-order valence-corrected chi connectivity index (χ3v) is 3.97. The molecule has 3 heterocycles. The van der Waals surface area contributed by atoms with Gasteiger partial charge in [-0.15, -0.1) is 0 Å². The van der Waals surface area contributed by atoms with Gasteiger partial charge < -0.3 is 9.84 Å². The molecule has 0 radical (unpaired) electrons. The fourth-order valence-corrected chi connectivity index (χ4v) is 2.97. The van der Waals surface area contributed by atoms with Crippen molar-refractivity contribution in [3.05, 3.63) is 52.5 Å². The summed E-state index contributed by atoms with van der Waals surface area (Å²) in [6, 6.07) is 10.4. The van der Waals surface area contributed by atoms with Crippen molar-refractivity contribution in [1.82, 2.24) is 10.1 Å². The van der Waals surface area contributed by atoms with Crippen molar-refractivity contribution >= 4 is 17.0 Å². The van der Waals surface area contributed by atoms with Crippen LogP contribution in [0.2, 0.25) is 0 Å². The van der Waals surface area contributed by atoms with E-state index in [0.717, 1.165) is 17.7 Å². The van der Waals surface area contributed by atoms with E-state index < -0.39 is 0 Å². The van der Waals surface area contributed by atoms with E-state index in [2.05, 4.69) is 27.6 Å². The van der Waals surface area contributed by atoms with Gasteiger partial charge in [0.1, 0.15) is 6.04 Å². The number of anilines is 1. The molecule has 0 saturated carbocycles. The van der Waals surface area contributed by atoms with Gasteiger partial charge in [-0.1, -0.05) is 23.4 Å². The van der Waals surface area contributed by atoms with Crippen LogP contribution in [0.1, 0.15) is 17.5 Å². The number of nitrogens with one attached hydrogen (secondary N) is 1. The lowest BCUT2D eigenvalue weighted by Gasteiger charge is -2.04. The molecule has 94 valence electrons. The maximum Gasteiger partial charge on any atom is 0.249 e. The Morgan fingerprint density at radius 1 is 1.26 bits per heavy atom. The van der Waals surface area contributed by atoms with Crippen molar-refractivity contribution in [2.45, 2.75) is 12.5 Å². The summed E-state index contributed by atoms with van der Waals surface area (Å²) in [5.41, 5.74) is 3.46. The lowest BCUT2D eigenvalue weighted by Crippen LogP contribution is -2.05. The first-order valence-electron chi connectivity index (χ1n) is 6.11. The molecule has 0 spiro atoms. The Morgan fingerprint density at radius 3 is 3.05 bits per heavy atom. The van der Waals surface area contributed by atoms with E-state index in [-0.39, 0.29) is 6.04 Å². The lowest BCUT2D eigenvalue weighted by atomic mass is 10.1. The fourth-order valence-electron chi connectivity index (χ4n) is 2.33. The highest BCUT2D eigenvalue weighted by atomic mass is 32.1. The van der Waals surface area contributed by atoms with E-state index in [9.17, 15) is 0 Å². The van der Waals surface area contributed by atoms with Gasteiger partial charge in [-0.25, -0.2) is 0 Å². The molecule has 19 heavy (non-hydrogen) atoms. The molecule has 1 aliphatic rings. The van der Waals surface area contributed by atoms with Crippen LogP contribution in [-0.2, 0) is 6.42 Å².